The number of H-pyrrole nitrogens is 1. The number of nitrogens with one attached hydrogen (secondary N) is 1. The van der Waals surface area contributed by atoms with Gasteiger partial charge in [-0.3, -0.25) is 4.79 Å². The number of methoxy groups -OCH3 is 1. The van der Waals surface area contributed by atoms with Gasteiger partial charge in [0.15, 0.2) is 0 Å². The fraction of sp³-hybridized carbons (Fsp3) is 0.105. The van der Waals surface area contributed by atoms with E-state index in [2.05, 4.69) is 4.98 Å². The summed E-state index contributed by atoms with van der Waals surface area (Å²) in [7, 11) is 1.62. The molecule has 24 heavy (non-hydrogen) atoms. The van der Waals surface area contributed by atoms with Crippen molar-refractivity contribution in [3.8, 4) is 28.5 Å². The van der Waals surface area contributed by atoms with Gasteiger partial charge in [0.1, 0.15) is 17.2 Å². The zero-order valence-electron chi connectivity index (χ0n) is 13.5. The lowest BCUT2D eigenvalue weighted by molar-refractivity contribution is 0.1000. The van der Waals surface area contributed by atoms with Crippen molar-refractivity contribution in [2.45, 2.75) is 6.92 Å². The van der Waals surface area contributed by atoms with Crippen molar-refractivity contribution in [2.75, 3.05) is 7.11 Å². The van der Waals surface area contributed by atoms with Crippen LogP contribution in [0.15, 0.2) is 54.6 Å². The van der Waals surface area contributed by atoms with Gasteiger partial charge in [-0.15, -0.1) is 0 Å². The van der Waals surface area contributed by atoms with Gasteiger partial charge in [-0.1, -0.05) is 12.1 Å². The molecule has 1 heterocycles. The van der Waals surface area contributed by atoms with Crippen LogP contribution in [0.2, 0.25) is 0 Å². The number of primary amides is 1. The predicted molar refractivity (Wildman–Crippen MR) is 92.6 cm³/mol. The summed E-state index contributed by atoms with van der Waals surface area (Å²) in [6.45, 7) is 1.82. The molecule has 0 fully saturated rings. The summed E-state index contributed by atoms with van der Waals surface area (Å²) in [5.74, 6) is 1.69. The first-order valence-electron chi connectivity index (χ1n) is 7.49. The zero-order chi connectivity index (χ0) is 17.1. The molecule has 0 atom stereocenters. The molecule has 3 aromatic rings. The van der Waals surface area contributed by atoms with E-state index in [1.54, 1.807) is 13.2 Å². The highest BCUT2D eigenvalue weighted by molar-refractivity contribution is 5.95. The van der Waals surface area contributed by atoms with Crippen LogP contribution in [0.25, 0.3) is 11.3 Å². The summed E-state index contributed by atoms with van der Waals surface area (Å²) in [6.07, 6.45) is 0. The highest BCUT2D eigenvalue weighted by atomic mass is 16.5. The minimum Gasteiger partial charge on any atom is -0.497 e. The molecule has 0 radical (unpaired) electrons. The van der Waals surface area contributed by atoms with Crippen molar-refractivity contribution < 1.29 is 14.3 Å². The molecule has 0 aliphatic rings. The van der Waals surface area contributed by atoms with E-state index in [0.29, 0.717) is 17.1 Å². The van der Waals surface area contributed by atoms with Gasteiger partial charge < -0.3 is 20.2 Å². The second-order valence-electron chi connectivity index (χ2n) is 5.36. The van der Waals surface area contributed by atoms with E-state index in [1.807, 2.05) is 55.5 Å². The molecule has 0 saturated carbocycles. The SMILES string of the molecule is COc1ccc(Oc2ccccc2-c2cc(C(N)=O)c(C)[nH]2)cc1. The van der Waals surface area contributed by atoms with Crippen molar-refractivity contribution in [2.24, 2.45) is 5.73 Å². The standard InChI is InChI=1S/C19H18N2O3/c1-12-16(19(20)22)11-17(21-12)15-5-3-4-6-18(15)24-14-9-7-13(23-2)8-10-14/h3-11,21H,1-2H3,(H2,20,22). The Morgan fingerprint density at radius 2 is 1.71 bits per heavy atom. The van der Waals surface area contributed by atoms with Crippen LogP contribution < -0.4 is 15.2 Å². The molecule has 0 bridgehead atoms. The van der Waals surface area contributed by atoms with Gasteiger partial charge in [-0.05, 0) is 49.4 Å². The minimum atomic E-state index is -0.455. The predicted octanol–water partition coefficient (Wildman–Crippen LogP) is 3.89. The van der Waals surface area contributed by atoms with E-state index in [0.717, 1.165) is 22.7 Å². The largest absolute Gasteiger partial charge is 0.497 e. The van der Waals surface area contributed by atoms with Crippen LogP contribution in [0.4, 0.5) is 0 Å². The molecule has 5 nitrogen and oxygen atoms in total. The molecule has 0 aliphatic carbocycles. The Kier molecular flexibility index (Phi) is 4.24. The Labute approximate surface area is 140 Å². The van der Waals surface area contributed by atoms with Crippen LogP contribution >= 0.6 is 0 Å². The summed E-state index contributed by atoms with van der Waals surface area (Å²) >= 11 is 0. The maximum Gasteiger partial charge on any atom is 0.250 e. The fourth-order valence-corrected chi connectivity index (χ4v) is 2.51. The number of aromatic amines is 1. The van der Waals surface area contributed by atoms with E-state index in [4.69, 9.17) is 15.2 Å². The minimum absolute atomic E-state index is 0.455. The van der Waals surface area contributed by atoms with Crippen LogP contribution in [0.3, 0.4) is 0 Å². The van der Waals surface area contributed by atoms with E-state index in [-0.39, 0.29) is 0 Å². The maximum absolute atomic E-state index is 11.5. The first-order chi connectivity index (χ1) is 11.6. The molecule has 2 aromatic carbocycles. The Morgan fingerprint density at radius 3 is 2.33 bits per heavy atom. The normalized spacial score (nSPS) is 10.4. The molecule has 5 heteroatoms. The van der Waals surface area contributed by atoms with Crippen molar-refractivity contribution in [3.05, 3.63) is 65.9 Å². The molecule has 1 amide bonds. The number of carbonyl (C=O) groups excluding carboxylic acids is 1. The Balaban J connectivity index is 1.95. The maximum atomic E-state index is 11.5. The fourth-order valence-electron chi connectivity index (χ4n) is 2.51. The zero-order valence-corrected chi connectivity index (χ0v) is 13.5. The molecule has 3 rings (SSSR count). The van der Waals surface area contributed by atoms with Gasteiger partial charge >= 0.3 is 0 Å². The summed E-state index contributed by atoms with van der Waals surface area (Å²) < 4.78 is 11.1. The Bertz CT molecular complexity index is 867. The molecular weight excluding hydrogens is 304 g/mol. The van der Waals surface area contributed by atoms with Gasteiger partial charge in [0.2, 0.25) is 0 Å². The lowest BCUT2D eigenvalue weighted by Crippen LogP contribution is -2.10. The highest BCUT2D eigenvalue weighted by Gasteiger charge is 2.14. The molecular formula is C19H18N2O3. The number of para-hydroxylation sites is 1. The van der Waals surface area contributed by atoms with E-state index in [1.165, 1.54) is 0 Å². The van der Waals surface area contributed by atoms with E-state index >= 15 is 0 Å². The summed E-state index contributed by atoms with van der Waals surface area (Å²) in [5, 5.41) is 0. The first kappa shape index (κ1) is 15.7. The number of benzene rings is 2. The number of nitrogens with two attached hydrogens (primary N) is 1. The van der Waals surface area contributed by atoms with Crippen LogP contribution in [-0.2, 0) is 0 Å². The number of carbonyl (C=O) groups is 1. The number of aromatic nitrogens is 1. The third-order valence-electron chi connectivity index (χ3n) is 3.74. The third-order valence-corrected chi connectivity index (χ3v) is 3.74. The monoisotopic (exact) mass is 322 g/mol. The van der Waals surface area contributed by atoms with Crippen molar-refractivity contribution >= 4 is 5.91 Å². The molecule has 0 spiro atoms. The topological polar surface area (TPSA) is 77.3 Å². The number of rotatable bonds is 5. The second-order valence-corrected chi connectivity index (χ2v) is 5.36. The molecule has 0 aliphatic heterocycles. The Hall–Kier alpha value is -3.21. The van der Waals surface area contributed by atoms with Gasteiger partial charge in [0, 0.05) is 11.3 Å². The summed E-state index contributed by atoms with van der Waals surface area (Å²) in [4.78, 5) is 14.6. The van der Waals surface area contributed by atoms with E-state index in [9.17, 15) is 4.79 Å². The number of amides is 1. The molecule has 122 valence electrons. The van der Waals surface area contributed by atoms with Crippen LogP contribution in [0.1, 0.15) is 16.1 Å². The van der Waals surface area contributed by atoms with Crippen molar-refractivity contribution in [1.29, 1.82) is 0 Å². The van der Waals surface area contributed by atoms with Crippen molar-refractivity contribution in [3.63, 3.8) is 0 Å². The average Bonchev–Trinajstić information content (AvgIpc) is 2.98. The van der Waals surface area contributed by atoms with E-state index < -0.39 is 5.91 Å². The average molecular weight is 322 g/mol. The summed E-state index contributed by atoms with van der Waals surface area (Å²) in [6, 6.07) is 16.7. The molecule has 0 unspecified atom stereocenters. The lowest BCUT2D eigenvalue weighted by Gasteiger charge is -2.10. The number of hydrogen-bond donors (Lipinski definition) is 2. The number of aryl methyl sites for hydroxylation is 1. The highest BCUT2D eigenvalue weighted by Crippen LogP contribution is 2.34. The summed E-state index contributed by atoms with van der Waals surface area (Å²) in [5.41, 5.74) is 8.24. The quantitative estimate of drug-likeness (QED) is 0.748. The number of ether oxygens (including phenoxy) is 2. The molecule has 3 N–H and O–H groups in total. The Morgan fingerprint density at radius 1 is 1.04 bits per heavy atom. The smallest absolute Gasteiger partial charge is 0.250 e. The third kappa shape index (κ3) is 3.10. The van der Waals surface area contributed by atoms with Gasteiger partial charge in [0.05, 0.1) is 18.4 Å². The van der Waals surface area contributed by atoms with Gasteiger partial charge in [-0.25, -0.2) is 0 Å². The lowest BCUT2D eigenvalue weighted by atomic mass is 10.1. The molecule has 1 aromatic heterocycles. The number of hydrogen-bond acceptors (Lipinski definition) is 3. The van der Waals surface area contributed by atoms with Gasteiger partial charge in [-0.2, -0.15) is 0 Å². The van der Waals surface area contributed by atoms with Crippen LogP contribution in [-0.4, -0.2) is 18.0 Å². The van der Waals surface area contributed by atoms with Gasteiger partial charge in [0.25, 0.3) is 5.91 Å². The van der Waals surface area contributed by atoms with Crippen LogP contribution in [0.5, 0.6) is 17.2 Å². The first-order valence-corrected chi connectivity index (χ1v) is 7.49. The second kappa shape index (κ2) is 6.50. The van der Waals surface area contributed by atoms with Crippen molar-refractivity contribution in [1.82, 2.24) is 4.98 Å². The molecule has 0 saturated heterocycles. The van der Waals surface area contributed by atoms with Crippen LogP contribution in [0, 0.1) is 6.92 Å².